The van der Waals surface area contributed by atoms with Crippen molar-refractivity contribution in [3.63, 3.8) is 0 Å². The van der Waals surface area contributed by atoms with Crippen molar-refractivity contribution in [1.82, 2.24) is 5.32 Å². The summed E-state index contributed by atoms with van der Waals surface area (Å²) in [7, 11) is 0. The Bertz CT molecular complexity index is 1340. The van der Waals surface area contributed by atoms with Crippen LogP contribution in [0, 0.1) is 0 Å². The number of rotatable bonds is 10. The smallest absolute Gasteiger partial charge is 0.303 e. The van der Waals surface area contributed by atoms with Crippen LogP contribution in [0.15, 0.2) is 91.0 Å². The minimum absolute atomic E-state index is 0.0886. The van der Waals surface area contributed by atoms with E-state index in [4.69, 9.17) is 22.1 Å². The third-order valence-corrected chi connectivity index (χ3v) is 6.31. The second kappa shape index (κ2) is 12.2. The molecule has 4 rings (SSSR count). The van der Waals surface area contributed by atoms with Gasteiger partial charge in [-0.3, -0.25) is 4.79 Å². The molecule has 0 amide bonds. The zero-order valence-corrected chi connectivity index (χ0v) is 21.1. The minimum atomic E-state index is -0.805. The van der Waals surface area contributed by atoms with E-state index in [1.165, 1.54) is 5.39 Å². The normalized spacial score (nSPS) is 10.7. The predicted molar refractivity (Wildman–Crippen MR) is 151 cm³/mol. The molecule has 0 aliphatic rings. The first-order valence-corrected chi connectivity index (χ1v) is 12.5. The molecule has 4 aromatic rings. The molecular weight excluding hydrogens is 468 g/mol. The van der Waals surface area contributed by atoms with E-state index in [9.17, 15) is 4.79 Å². The summed E-state index contributed by atoms with van der Waals surface area (Å²) >= 11 is 5.61. The molecule has 2 N–H and O–H groups in total. The zero-order valence-electron chi connectivity index (χ0n) is 20.3. The zero-order chi connectivity index (χ0) is 25.3. The van der Waals surface area contributed by atoms with E-state index in [1.54, 1.807) is 0 Å². The van der Waals surface area contributed by atoms with E-state index >= 15 is 0 Å². The second-order valence-corrected chi connectivity index (χ2v) is 8.84. The van der Waals surface area contributed by atoms with Gasteiger partial charge in [0, 0.05) is 24.2 Å². The first-order valence-electron chi connectivity index (χ1n) is 12.1. The Balaban J connectivity index is 1.59. The third kappa shape index (κ3) is 6.40. The van der Waals surface area contributed by atoms with Crippen molar-refractivity contribution in [2.24, 2.45) is 0 Å². The van der Waals surface area contributed by atoms with Gasteiger partial charge in [-0.1, -0.05) is 60.7 Å². The molecule has 4 aromatic carbocycles. The molecule has 0 bridgehead atoms. The van der Waals surface area contributed by atoms with Gasteiger partial charge in [-0.05, 0) is 77.8 Å². The largest absolute Gasteiger partial charge is 0.491 e. The van der Waals surface area contributed by atoms with Crippen LogP contribution < -0.4 is 15.0 Å². The van der Waals surface area contributed by atoms with Crippen LogP contribution in [0.3, 0.4) is 0 Å². The number of aryl methyl sites for hydroxylation is 1. The van der Waals surface area contributed by atoms with Crippen molar-refractivity contribution < 1.29 is 14.6 Å². The van der Waals surface area contributed by atoms with Crippen molar-refractivity contribution in [2.75, 3.05) is 24.6 Å². The lowest BCUT2D eigenvalue weighted by atomic mass is 9.97. The van der Waals surface area contributed by atoms with Crippen molar-refractivity contribution in [2.45, 2.75) is 19.8 Å². The minimum Gasteiger partial charge on any atom is -0.491 e. The van der Waals surface area contributed by atoms with Gasteiger partial charge in [-0.25, -0.2) is 0 Å². The Morgan fingerprint density at radius 1 is 0.944 bits per heavy atom. The molecule has 0 saturated carbocycles. The predicted octanol–water partition coefficient (Wildman–Crippen LogP) is 6.30. The van der Waals surface area contributed by atoms with Crippen LogP contribution in [-0.2, 0) is 11.2 Å². The number of hydrogen-bond acceptors (Lipinski definition) is 3. The maximum absolute atomic E-state index is 11.1. The first-order chi connectivity index (χ1) is 17.5. The fourth-order valence-corrected chi connectivity index (χ4v) is 4.48. The van der Waals surface area contributed by atoms with Crippen LogP contribution in [0.4, 0.5) is 5.69 Å². The summed E-state index contributed by atoms with van der Waals surface area (Å²) in [6, 6.07) is 30.5. The number of aliphatic carboxylic acids is 1. The molecule has 0 heterocycles. The highest BCUT2D eigenvalue weighted by atomic mass is 32.1. The van der Waals surface area contributed by atoms with Gasteiger partial charge in [-0.2, -0.15) is 0 Å². The molecule has 0 aliphatic heterocycles. The molecular formula is C30H30N2O3S. The maximum Gasteiger partial charge on any atom is 0.303 e. The Hall–Kier alpha value is -3.90. The molecule has 0 saturated heterocycles. The van der Waals surface area contributed by atoms with Gasteiger partial charge in [-0.15, -0.1) is 0 Å². The van der Waals surface area contributed by atoms with Crippen molar-refractivity contribution in [3.05, 3.63) is 96.6 Å². The number of carboxylic acid groups (broad SMARTS) is 1. The molecule has 36 heavy (non-hydrogen) atoms. The number of para-hydroxylation sites is 1. The van der Waals surface area contributed by atoms with Gasteiger partial charge in [0.1, 0.15) is 12.4 Å². The van der Waals surface area contributed by atoms with E-state index in [1.807, 2.05) is 72.5 Å². The third-order valence-electron chi connectivity index (χ3n) is 5.95. The van der Waals surface area contributed by atoms with Gasteiger partial charge >= 0.3 is 5.97 Å². The summed E-state index contributed by atoms with van der Waals surface area (Å²) in [5.74, 6) is -0.0491. The van der Waals surface area contributed by atoms with Crippen LogP contribution in [0.5, 0.6) is 5.75 Å². The molecule has 0 atom stereocenters. The lowest BCUT2D eigenvalue weighted by molar-refractivity contribution is -0.136. The van der Waals surface area contributed by atoms with E-state index in [0.29, 0.717) is 24.7 Å². The monoisotopic (exact) mass is 498 g/mol. The average Bonchev–Trinajstić information content (AvgIpc) is 2.90. The summed E-state index contributed by atoms with van der Waals surface area (Å²) in [6.45, 7) is 3.77. The highest BCUT2D eigenvalue weighted by molar-refractivity contribution is 7.80. The van der Waals surface area contributed by atoms with Crippen LogP contribution in [0.1, 0.15) is 18.9 Å². The number of nitrogens with one attached hydrogen (secondary N) is 1. The van der Waals surface area contributed by atoms with Gasteiger partial charge in [0.15, 0.2) is 5.11 Å². The Morgan fingerprint density at radius 2 is 1.69 bits per heavy atom. The average molecular weight is 499 g/mol. The molecule has 0 spiro atoms. The Kier molecular flexibility index (Phi) is 8.53. The molecule has 184 valence electrons. The quantitative estimate of drug-likeness (QED) is 0.250. The van der Waals surface area contributed by atoms with Gasteiger partial charge < -0.3 is 20.1 Å². The molecule has 0 unspecified atom stereocenters. The van der Waals surface area contributed by atoms with Crippen molar-refractivity contribution >= 4 is 39.8 Å². The fraction of sp³-hybridized carbons (Fsp3) is 0.200. The van der Waals surface area contributed by atoms with Crippen LogP contribution in [-0.4, -0.2) is 35.9 Å². The number of carboxylic acids is 1. The van der Waals surface area contributed by atoms with Gasteiger partial charge in [0.2, 0.25) is 0 Å². The first kappa shape index (κ1) is 25.2. The number of fused-ring (bicyclic) bond motifs is 1. The number of anilines is 1. The maximum atomic E-state index is 11.1. The lowest BCUT2D eigenvalue weighted by Gasteiger charge is -2.26. The highest BCUT2D eigenvalue weighted by Crippen LogP contribution is 2.33. The van der Waals surface area contributed by atoms with E-state index in [-0.39, 0.29) is 6.42 Å². The van der Waals surface area contributed by atoms with E-state index < -0.39 is 5.97 Å². The summed E-state index contributed by atoms with van der Waals surface area (Å²) in [5, 5.41) is 15.3. The molecule has 5 nitrogen and oxygen atoms in total. The Labute approximate surface area is 217 Å². The fourth-order valence-electron chi connectivity index (χ4n) is 4.14. The van der Waals surface area contributed by atoms with Gasteiger partial charge in [0.05, 0.1) is 6.54 Å². The number of nitrogens with zero attached hydrogens (tertiary/aromatic N) is 1. The van der Waals surface area contributed by atoms with Gasteiger partial charge in [0.25, 0.3) is 0 Å². The molecule has 0 radical (unpaired) electrons. The number of thiocarbonyl (C=S) groups is 1. The van der Waals surface area contributed by atoms with Crippen molar-refractivity contribution in [1.29, 1.82) is 0 Å². The topological polar surface area (TPSA) is 61.8 Å². The van der Waals surface area contributed by atoms with Crippen molar-refractivity contribution in [3.8, 4) is 16.9 Å². The Morgan fingerprint density at radius 3 is 2.44 bits per heavy atom. The van der Waals surface area contributed by atoms with E-state index in [2.05, 4.69) is 35.6 Å². The molecule has 0 aliphatic carbocycles. The summed E-state index contributed by atoms with van der Waals surface area (Å²) in [6.07, 6.45) is 0.556. The van der Waals surface area contributed by atoms with Crippen LogP contribution >= 0.6 is 12.2 Å². The highest BCUT2D eigenvalue weighted by Gasteiger charge is 2.14. The SMILES string of the molecule is CCNC(=S)N(CCOc1ccc(CCC(=O)O)cc1-c1ccc2ccccc2c1)c1ccccc1. The number of ether oxygens (including phenoxy) is 1. The molecule has 6 heteroatoms. The standard InChI is InChI=1S/C30H30N2O3S/c1-2-31-30(36)32(26-10-4-3-5-11-26)18-19-35-28-16-12-22(13-17-29(33)34)20-27(28)25-15-14-23-8-6-7-9-24(23)21-25/h3-12,14-16,20-21H,2,13,17-19H2,1H3,(H,31,36)(H,33,34). The van der Waals surface area contributed by atoms with Crippen LogP contribution in [0.25, 0.3) is 21.9 Å². The summed E-state index contributed by atoms with van der Waals surface area (Å²) < 4.78 is 6.32. The van der Waals surface area contributed by atoms with E-state index in [0.717, 1.165) is 40.1 Å². The lowest BCUT2D eigenvalue weighted by Crippen LogP contribution is -2.42. The van der Waals surface area contributed by atoms with Crippen LogP contribution in [0.2, 0.25) is 0 Å². The summed E-state index contributed by atoms with van der Waals surface area (Å²) in [5.41, 5.74) is 3.95. The number of carbonyl (C=O) groups is 1. The number of benzene rings is 4. The second-order valence-electron chi connectivity index (χ2n) is 8.46. The molecule has 0 aromatic heterocycles. The molecule has 0 fully saturated rings. The number of hydrogen-bond donors (Lipinski definition) is 2. The summed E-state index contributed by atoms with van der Waals surface area (Å²) in [4.78, 5) is 13.2.